The highest BCUT2D eigenvalue weighted by Gasteiger charge is 2.14. The first-order valence-electron chi connectivity index (χ1n) is 5.08. The molecule has 3 rings (SSSR count). The van der Waals surface area contributed by atoms with Crippen LogP contribution in [-0.2, 0) is 6.54 Å². The summed E-state index contributed by atoms with van der Waals surface area (Å²) in [6, 6.07) is 4.81. The lowest BCUT2D eigenvalue weighted by Gasteiger charge is -1.93. The van der Waals surface area contributed by atoms with Gasteiger partial charge in [0, 0.05) is 11.6 Å². The monoisotopic (exact) mass is 232 g/mol. The Morgan fingerprint density at radius 3 is 3.00 bits per heavy atom. The fourth-order valence-corrected chi connectivity index (χ4v) is 1.74. The normalized spacial score (nSPS) is 11.2. The topological polar surface area (TPSA) is 80.7 Å². The SMILES string of the molecule is NCc1nnc(-c2c[nH]c3c(F)cccc23)o1. The minimum atomic E-state index is -0.313. The van der Waals surface area contributed by atoms with Crippen LogP contribution in [0.25, 0.3) is 22.4 Å². The third-order valence-electron chi connectivity index (χ3n) is 2.54. The molecule has 0 atom stereocenters. The summed E-state index contributed by atoms with van der Waals surface area (Å²) in [6.07, 6.45) is 1.64. The van der Waals surface area contributed by atoms with Crippen molar-refractivity contribution in [3.63, 3.8) is 0 Å². The Morgan fingerprint density at radius 2 is 2.24 bits per heavy atom. The van der Waals surface area contributed by atoms with Crippen LogP contribution in [0.2, 0.25) is 0 Å². The van der Waals surface area contributed by atoms with Crippen molar-refractivity contribution in [2.45, 2.75) is 6.54 Å². The fraction of sp³-hybridized carbons (Fsp3) is 0.0909. The number of para-hydroxylation sites is 1. The standard InChI is InChI=1S/C11H9FN4O/c12-8-3-1-2-6-7(5-14-10(6)8)11-16-15-9(4-13)17-11/h1-3,5,14H,4,13H2. The average Bonchev–Trinajstić information content (AvgIpc) is 2.94. The van der Waals surface area contributed by atoms with Gasteiger partial charge >= 0.3 is 0 Å². The van der Waals surface area contributed by atoms with Gasteiger partial charge in [0.05, 0.1) is 17.6 Å². The Hall–Kier alpha value is -2.21. The molecule has 86 valence electrons. The van der Waals surface area contributed by atoms with Gasteiger partial charge in [0.15, 0.2) is 0 Å². The zero-order chi connectivity index (χ0) is 11.8. The Kier molecular flexibility index (Phi) is 2.15. The first-order valence-corrected chi connectivity index (χ1v) is 5.08. The number of nitrogens with two attached hydrogens (primary N) is 1. The maximum absolute atomic E-state index is 13.5. The van der Waals surface area contributed by atoms with Crippen molar-refractivity contribution in [2.24, 2.45) is 5.73 Å². The molecule has 17 heavy (non-hydrogen) atoms. The number of aromatic amines is 1. The maximum atomic E-state index is 13.5. The molecule has 5 nitrogen and oxygen atoms in total. The molecular weight excluding hydrogens is 223 g/mol. The summed E-state index contributed by atoms with van der Waals surface area (Å²) in [5.74, 6) is 0.375. The van der Waals surface area contributed by atoms with Gasteiger partial charge in [0.2, 0.25) is 11.8 Å². The third kappa shape index (κ3) is 1.50. The first-order chi connectivity index (χ1) is 8.29. The van der Waals surface area contributed by atoms with Crippen LogP contribution in [0.5, 0.6) is 0 Å². The van der Waals surface area contributed by atoms with Gasteiger partial charge in [0.25, 0.3) is 0 Å². The van der Waals surface area contributed by atoms with Gasteiger partial charge in [0.1, 0.15) is 5.82 Å². The molecule has 0 aliphatic carbocycles. The number of aromatic nitrogens is 3. The van der Waals surface area contributed by atoms with Crippen LogP contribution in [-0.4, -0.2) is 15.2 Å². The molecule has 3 aromatic rings. The summed E-state index contributed by atoms with van der Waals surface area (Å²) in [5, 5.41) is 8.35. The molecule has 0 saturated heterocycles. The zero-order valence-corrected chi connectivity index (χ0v) is 8.77. The number of hydrogen-bond donors (Lipinski definition) is 2. The van der Waals surface area contributed by atoms with Crippen LogP contribution in [0.3, 0.4) is 0 Å². The van der Waals surface area contributed by atoms with Crippen molar-refractivity contribution in [2.75, 3.05) is 0 Å². The number of halogens is 1. The summed E-state index contributed by atoms with van der Waals surface area (Å²) in [6.45, 7) is 0.184. The Labute approximate surface area is 95.5 Å². The molecule has 0 amide bonds. The van der Waals surface area contributed by atoms with E-state index in [0.29, 0.717) is 28.2 Å². The number of nitrogens with zero attached hydrogens (tertiary/aromatic N) is 2. The molecule has 2 heterocycles. The van der Waals surface area contributed by atoms with Gasteiger partial charge in [-0.25, -0.2) is 4.39 Å². The quantitative estimate of drug-likeness (QED) is 0.706. The summed E-state index contributed by atoms with van der Waals surface area (Å²) in [4.78, 5) is 2.85. The lowest BCUT2D eigenvalue weighted by molar-refractivity contribution is 0.509. The number of H-pyrrole nitrogens is 1. The summed E-state index contributed by atoms with van der Waals surface area (Å²) in [5.41, 5.74) is 6.49. The van der Waals surface area contributed by atoms with Crippen molar-refractivity contribution < 1.29 is 8.81 Å². The summed E-state index contributed by atoms with van der Waals surface area (Å²) >= 11 is 0. The fourth-order valence-electron chi connectivity index (χ4n) is 1.74. The minimum absolute atomic E-state index is 0.184. The second kappa shape index (κ2) is 3.67. The molecular formula is C11H9FN4O. The van der Waals surface area contributed by atoms with Gasteiger partial charge < -0.3 is 15.1 Å². The van der Waals surface area contributed by atoms with Crippen LogP contribution in [0.1, 0.15) is 5.89 Å². The molecule has 0 aliphatic heterocycles. The van der Waals surface area contributed by atoms with E-state index in [1.54, 1.807) is 18.3 Å². The largest absolute Gasteiger partial charge is 0.419 e. The Balaban J connectivity index is 2.20. The second-order valence-corrected chi connectivity index (χ2v) is 3.57. The van der Waals surface area contributed by atoms with Gasteiger partial charge in [-0.05, 0) is 6.07 Å². The van der Waals surface area contributed by atoms with E-state index in [2.05, 4.69) is 15.2 Å². The van der Waals surface area contributed by atoms with E-state index in [9.17, 15) is 4.39 Å². The summed E-state index contributed by atoms with van der Waals surface area (Å²) < 4.78 is 18.8. The van der Waals surface area contributed by atoms with Crippen molar-refractivity contribution in [1.29, 1.82) is 0 Å². The van der Waals surface area contributed by atoms with E-state index in [1.807, 2.05) is 0 Å². The lowest BCUT2D eigenvalue weighted by Crippen LogP contribution is -1.95. The van der Waals surface area contributed by atoms with Gasteiger partial charge in [-0.3, -0.25) is 0 Å². The highest BCUT2D eigenvalue weighted by atomic mass is 19.1. The van der Waals surface area contributed by atoms with Crippen LogP contribution in [0.15, 0.2) is 28.8 Å². The molecule has 0 unspecified atom stereocenters. The molecule has 0 spiro atoms. The van der Waals surface area contributed by atoms with Gasteiger partial charge in [-0.2, -0.15) is 0 Å². The molecule has 3 N–H and O–H groups in total. The average molecular weight is 232 g/mol. The van der Waals surface area contributed by atoms with Crippen LogP contribution in [0.4, 0.5) is 4.39 Å². The van der Waals surface area contributed by atoms with Crippen LogP contribution >= 0.6 is 0 Å². The highest BCUT2D eigenvalue weighted by Crippen LogP contribution is 2.28. The maximum Gasteiger partial charge on any atom is 0.249 e. The minimum Gasteiger partial charge on any atom is -0.419 e. The van der Waals surface area contributed by atoms with Crippen molar-refractivity contribution in [3.05, 3.63) is 36.1 Å². The van der Waals surface area contributed by atoms with E-state index in [1.165, 1.54) is 6.07 Å². The number of fused-ring (bicyclic) bond motifs is 1. The van der Waals surface area contributed by atoms with Crippen LogP contribution in [0, 0.1) is 5.82 Å². The molecule has 0 saturated carbocycles. The molecule has 6 heteroatoms. The predicted octanol–water partition coefficient (Wildman–Crippen LogP) is 1.82. The number of hydrogen-bond acceptors (Lipinski definition) is 4. The van der Waals surface area contributed by atoms with Crippen molar-refractivity contribution >= 4 is 10.9 Å². The summed E-state index contributed by atoms with van der Waals surface area (Å²) in [7, 11) is 0. The molecule has 2 aromatic heterocycles. The van der Waals surface area contributed by atoms with E-state index in [0.717, 1.165) is 0 Å². The van der Waals surface area contributed by atoms with Crippen molar-refractivity contribution in [3.8, 4) is 11.5 Å². The van der Waals surface area contributed by atoms with E-state index in [4.69, 9.17) is 10.2 Å². The first kappa shape index (κ1) is 9.98. The van der Waals surface area contributed by atoms with E-state index < -0.39 is 0 Å². The van der Waals surface area contributed by atoms with Gasteiger partial charge in [-0.15, -0.1) is 10.2 Å². The van der Waals surface area contributed by atoms with Crippen LogP contribution < -0.4 is 5.73 Å². The lowest BCUT2D eigenvalue weighted by atomic mass is 10.2. The van der Waals surface area contributed by atoms with Gasteiger partial charge in [-0.1, -0.05) is 12.1 Å². The van der Waals surface area contributed by atoms with E-state index in [-0.39, 0.29) is 12.4 Å². The Bertz CT molecular complexity index is 673. The smallest absolute Gasteiger partial charge is 0.249 e. The molecule has 0 radical (unpaired) electrons. The molecule has 1 aromatic carbocycles. The number of rotatable bonds is 2. The second-order valence-electron chi connectivity index (χ2n) is 3.57. The third-order valence-corrected chi connectivity index (χ3v) is 2.54. The van der Waals surface area contributed by atoms with Crippen molar-refractivity contribution in [1.82, 2.24) is 15.2 Å². The predicted molar refractivity (Wildman–Crippen MR) is 59.4 cm³/mol. The highest BCUT2D eigenvalue weighted by molar-refractivity contribution is 5.93. The van der Waals surface area contributed by atoms with E-state index >= 15 is 0 Å². The Morgan fingerprint density at radius 1 is 1.35 bits per heavy atom. The molecule has 0 aliphatic rings. The number of benzene rings is 1. The molecule has 0 fully saturated rings. The molecule has 0 bridgehead atoms. The number of nitrogens with one attached hydrogen (secondary N) is 1. The zero-order valence-electron chi connectivity index (χ0n) is 8.77.